The molecule has 0 bridgehead atoms. The van der Waals surface area contributed by atoms with Crippen molar-refractivity contribution in [1.82, 2.24) is 0 Å². The van der Waals surface area contributed by atoms with Crippen LogP contribution in [0, 0.1) is 5.82 Å². The van der Waals surface area contributed by atoms with Crippen LogP contribution in [0.1, 0.15) is 28.7 Å². The van der Waals surface area contributed by atoms with Gasteiger partial charge in [0.05, 0.1) is 25.4 Å². The van der Waals surface area contributed by atoms with Gasteiger partial charge in [-0.25, -0.2) is 4.39 Å². The van der Waals surface area contributed by atoms with E-state index in [1.807, 2.05) is 18.2 Å². The molecule has 0 radical (unpaired) electrons. The van der Waals surface area contributed by atoms with Gasteiger partial charge < -0.3 is 14.2 Å². The van der Waals surface area contributed by atoms with Crippen molar-refractivity contribution < 1.29 is 31.8 Å². The second-order valence-electron chi connectivity index (χ2n) is 8.67. The third-order valence-electron chi connectivity index (χ3n) is 6.12. The van der Waals surface area contributed by atoms with E-state index in [0.717, 1.165) is 35.1 Å². The van der Waals surface area contributed by atoms with Gasteiger partial charge in [0, 0.05) is 11.8 Å². The molecule has 7 heteroatoms. The molecule has 0 aliphatic carbocycles. The van der Waals surface area contributed by atoms with Gasteiger partial charge in [0.2, 0.25) is 0 Å². The highest BCUT2D eigenvalue weighted by molar-refractivity contribution is 5.84. The molecule has 186 valence electrons. The summed E-state index contributed by atoms with van der Waals surface area (Å²) in [6.07, 6.45) is -0.760. The van der Waals surface area contributed by atoms with E-state index in [0.29, 0.717) is 50.0 Å². The lowest BCUT2D eigenvalue weighted by molar-refractivity contribution is -0.225. The average molecular weight is 489 g/mol. The van der Waals surface area contributed by atoms with Crippen LogP contribution in [0.3, 0.4) is 0 Å². The highest BCUT2D eigenvalue weighted by Crippen LogP contribution is 2.29. The number of alkyl halides is 3. The number of rotatable bonds is 9. The minimum Gasteiger partial charge on any atom is -0.369 e. The fourth-order valence-electron chi connectivity index (χ4n) is 4.15. The summed E-state index contributed by atoms with van der Waals surface area (Å²) in [4.78, 5) is 0. The maximum absolute atomic E-state index is 15.1. The van der Waals surface area contributed by atoms with Gasteiger partial charge in [0.1, 0.15) is 11.9 Å². The molecule has 1 saturated heterocycles. The third-order valence-corrected chi connectivity index (χ3v) is 6.12. The standard InChI is InChI=1S/C28H28F4O3/c1-2-15-33-24-17-34-26(35-18-24)14-7-20-6-13-25-22(16-20)10-9-21(27(25)29)8-3-19-4-11-23(12-5-19)28(30,31)32/h2,4-6,9-13,16,24,26H,1,3,7-8,14-15,17-18H2. The minimum atomic E-state index is -4.36. The van der Waals surface area contributed by atoms with Crippen LogP contribution in [0.25, 0.3) is 10.8 Å². The Kier molecular flexibility index (Phi) is 8.21. The zero-order chi connectivity index (χ0) is 24.8. The molecule has 1 aliphatic rings. The number of hydrogen-bond acceptors (Lipinski definition) is 3. The SMILES string of the molecule is C=CCOC1COC(CCc2ccc3c(F)c(CCc4ccc(C(F)(F)F)cc4)ccc3c2)OC1. The molecule has 0 aromatic heterocycles. The molecular formula is C28H28F4O3. The number of aryl methyl sites for hydroxylation is 3. The van der Waals surface area contributed by atoms with Crippen LogP contribution in [0.15, 0.2) is 67.3 Å². The molecule has 0 N–H and O–H groups in total. The van der Waals surface area contributed by atoms with Gasteiger partial charge in [0.15, 0.2) is 6.29 Å². The lowest BCUT2D eigenvalue weighted by Crippen LogP contribution is -2.37. The van der Waals surface area contributed by atoms with E-state index >= 15 is 4.39 Å². The van der Waals surface area contributed by atoms with E-state index in [1.165, 1.54) is 12.1 Å². The Morgan fingerprint density at radius 3 is 2.31 bits per heavy atom. The third kappa shape index (κ3) is 6.69. The highest BCUT2D eigenvalue weighted by atomic mass is 19.4. The number of hydrogen-bond donors (Lipinski definition) is 0. The first kappa shape index (κ1) is 25.4. The molecule has 1 aliphatic heterocycles. The average Bonchev–Trinajstić information content (AvgIpc) is 2.86. The van der Waals surface area contributed by atoms with Crippen molar-refractivity contribution in [3.05, 3.63) is 95.3 Å². The van der Waals surface area contributed by atoms with Crippen LogP contribution in [0.4, 0.5) is 17.6 Å². The maximum atomic E-state index is 15.1. The Labute approximate surface area is 202 Å². The van der Waals surface area contributed by atoms with Crippen LogP contribution in [0.2, 0.25) is 0 Å². The van der Waals surface area contributed by atoms with E-state index in [-0.39, 0.29) is 18.2 Å². The minimum absolute atomic E-state index is 0.0821. The van der Waals surface area contributed by atoms with Gasteiger partial charge in [-0.2, -0.15) is 13.2 Å². The predicted molar refractivity (Wildman–Crippen MR) is 127 cm³/mol. The van der Waals surface area contributed by atoms with E-state index in [9.17, 15) is 13.2 Å². The molecule has 0 amide bonds. The Hall–Kier alpha value is -2.74. The number of halogens is 4. The summed E-state index contributed by atoms with van der Waals surface area (Å²) in [5, 5.41) is 1.34. The van der Waals surface area contributed by atoms with Crippen molar-refractivity contribution in [1.29, 1.82) is 0 Å². The Bertz CT molecular complexity index is 1130. The van der Waals surface area contributed by atoms with Gasteiger partial charge in [-0.15, -0.1) is 6.58 Å². The first-order valence-corrected chi connectivity index (χ1v) is 11.7. The molecule has 0 atom stereocenters. The zero-order valence-corrected chi connectivity index (χ0v) is 19.3. The van der Waals surface area contributed by atoms with E-state index in [2.05, 4.69) is 6.58 Å². The number of ether oxygens (including phenoxy) is 3. The number of fused-ring (bicyclic) bond motifs is 1. The topological polar surface area (TPSA) is 27.7 Å². The maximum Gasteiger partial charge on any atom is 0.416 e. The van der Waals surface area contributed by atoms with Gasteiger partial charge in [-0.1, -0.05) is 48.5 Å². The molecule has 0 spiro atoms. The fraction of sp³-hybridized carbons (Fsp3) is 0.357. The lowest BCUT2D eigenvalue weighted by Gasteiger charge is -2.29. The summed E-state index contributed by atoms with van der Waals surface area (Å²) in [6, 6.07) is 14.3. The van der Waals surface area contributed by atoms with Crippen molar-refractivity contribution in [3.8, 4) is 0 Å². The Morgan fingerprint density at radius 1 is 0.914 bits per heavy atom. The molecule has 0 unspecified atom stereocenters. The zero-order valence-electron chi connectivity index (χ0n) is 19.3. The van der Waals surface area contributed by atoms with Crippen molar-refractivity contribution in [2.45, 2.75) is 44.3 Å². The number of benzene rings is 3. The molecule has 1 heterocycles. The molecule has 35 heavy (non-hydrogen) atoms. The summed E-state index contributed by atoms with van der Waals surface area (Å²) >= 11 is 0. The Balaban J connectivity index is 1.33. The molecule has 1 fully saturated rings. The van der Waals surface area contributed by atoms with Crippen molar-refractivity contribution in [2.75, 3.05) is 19.8 Å². The second-order valence-corrected chi connectivity index (χ2v) is 8.67. The predicted octanol–water partition coefficient (Wildman–Crippen LogP) is 6.66. The van der Waals surface area contributed by atoms with Crippen molar-refractivity contribution in [2.24, 2.45) is 0 Å². The summed E-state index contributed by atoms with van der Waals surface area (Å²) in [7, 11) is 0. The highest BCUT2D eigenvalue weighted by Gasteiger charge is 2.30. The fourth-order valence-corrected chi connectivity index (χ4v) is 4.15. The molecule has 4 rings (SSSR count). The van der Waals surface area contributed by atoms with E-state index < -0.39 is 11.7 Å². The lowest BCUT2D eigenvalue weighted by atomic mass is 9.98. The summed E-state index contributed by atoms with van der Waals surface area (Å²) < 4.78 is 70.3. The van der Waals surface area contributed by atoms with Crippen LogP contribution in [-0.2, 0) is 39.6 Å². The van der Waals surface area contributed by atoms with E-state index in [1.54, 1.807) is 18.2 Å². The van der Waals surface area contributed by atoms with Crippen LogP contribution in [-0.4, -0.2) is 32.2 Å². The first-order chi connectivity index (χ1) is 16.8. The largest absolute Gasteiger partial charge is 0.416 e. The first-order valence-electron chi connectivity index (χ1n) is 11.7. The summed E-state index contributed by atoms with van der Waals surface area (Å²) in [6.45, 7) is 5.05. The van der Waals surface area contributed by atoms with Gasteiger partial charge in [0.25, 0.3) is 0 Å². The molecule has 3 aromatic rings. The molecular weight excluding hydrogens is 460 g/mol. The Morgan fingerprint density at radius 2 is 1.63 bits per heavy atom. The van der Waals surface area contributed by atoms with Crippen LogP contribution in [0.5, 0.6) is 0 Å². The van der Waals surface area contributed by atoms with Gasteiger partial charge in [-0.3, -0.25) is 0 Å². The van der Waals surface area contributed by atoms with E-state index in [4.69, 9.17) is 14.2 Å². The smallest absolute Gasteiger partial charge is 0.369 e. The van der Waals surface area contributed by atoms with Crippen LogP contribution < -0.4 is 0 Å². The molecule has 3 aromatic carbocycles. The molecule has 3 nitrogen and oxygen atoms in total. The molecule has 0 saturated carbocycles. The van der Waals surface area contributed by atoms with Crippen molar-refractivity contribution in [3.63, 3.8) is 0 Å². The monoisotopic (exact) mass is 488 g/mol. The van der Waals surface area contributed by atoms with Crippen molar-refractivity contribution >= 4 is 10.8 Å². The summed E-state index contributed by atoms with van der Waals surface area (Å²) in [5.41, 5.74) is 1.66. The van der Waals surface area contributed by atoms with Gasteiger partial charge >= 0.3 is 6.18 Å². The summed E-state index contributed by atoms with van der Waals surface area (Å²) in [5.74, 6) is -0.287. The quantitative estimate of drug-likeness (QED) is 0.249. The normalized spacial score (nSPS) is 18.6. The van der Waals surface area contributed by atoms with Crippen LogP contribution >= 0.6 is 0 Å². The van der Waals surface area contributed by atoms with Gasteiger partial charge in [-0.05, 0) is 53.5 Å². The second kappa shape index (κ2) is 11.3.